The lowest BCUT2D eigenvalue weighted by Gasteiger charge is -2.17. The lowest BCUT2D eigenvalue weighted by Crippen LogP contribution is -2.21. The highest BCUT2D eigenvalue weighted by Gasteiger charge is 2.47. The predicted octanol–water partition coefficient (Wildman–Crippen LogP) is 2.21. The van der Waals surface area contributed by atoms with Crippen LogP contribution in [0.5, 0.6) is 0 Å². The van der Waals surface area contributed by atoms with Crippen molar-refractivity contribution >= 4 is 17.4 Å². The largest absolute Gasteiger partial charge is 0.355 e. The topological polar surface area (TPSA) is 29.0 Å². The normalized spacial score (nSPS) is 22.3. The van der Waals surface area contributed by atoms with E-state index in [2.05, 4.69) is 14.9 Å². The molecule has 15 heavy (non-hydrogen) atoms. The first-order chi connectivity index (χ1) is 7.31. The molecule has 2 fully saturated rings. The maximum absolute atomic E-state index is 5.75. The molecule has 2 heterocycles. The van der Waals surface area contributed by atoms with Crippen molar-refractivity contribution in [1.82, 2.24) is 9.97 Å². The molecule has 1 aromatic rings. The lowest BCUT2D eigenvalue weighted by molar-refractivity contribution is 0.580. The molecule has 0 bridgehead atoms. The molecule has 0 radical (unpaired) electrons. The molecule has 80 valence electrons. The summed E-state index contributed by atoms with van der Waals surface area (Å²) in [6.45, 7) is 2.29. The Labute approximate surface area is 94.5 Å². The zero-order chi connectivity index (χ0) is 10.3. The first-order valence-corrected chi connectivity index (χ1v) is 5.97. The summed E-state index contributed by atoms with van der Waals surface area (Å²) in [6.07, 6.45) is 7.69. The van der Waals surface area contributed by atoms with Gasteiger partial charge < -0.3 is 4.90 Å². The van der Waals surface area contributed by atoms with Crippen molar-refractivity contribution in [3.8, 4) is 0 Å². The van der Waals surface area contributed by atoms with Crippen molar-refractivity contribution < 1.29 is 0 Å². The van der Waals surface area contributed by atoms with Gasteiger partial charge >= 0.3 is 0 Å². The fourth-order valence-electron chi connectivity index (χ4n) is 2.33. The van der Waals surface area contributed by atoms with E-state index in [9.17, 15) is 0 Å². The SMILES string of the molecule is ClCc1cncc(N2CCC3(CC3)C2)n1. The Bertz CT molecular complexity index is 376. The van der Waals surface area contributed by atoms with Gasteiger partial charge in [0.1, 0.15) is 5.82 Å². The van der Waals surface area contributed by atoms with E-state index in [-0.39, 0.29) is 0 Å². The van der Waals surface area contributed by atoms with Crippen LogP contribution in [0.2, 0.25) is 0 Å². The van der Waals surface area contributed by atoms with Gasteiger partial charge in [-0.1, -0.05) is 0 Å². The van der Waals surface area contributed by atoms with Gasteiger partial charge in [0.2, 0.25) is 0 Å². The van der Waals surface area contributed by atoms with Crippen LogP contribution in [-0.4, -0.2) is 23.1 Å². The van der Waals surface area contributed by atoms with Crippen LogP contribution in [0.15, 0.2) is 12.4 Å². The highest BCUT2D eigenvalue weighted by Crippen LogP contribution is 2.53. The number of rotatable bonds is 2. The first kappa shape index (κ1) is 9.40. The van der Waals surface area contributed by atoms with E-state index < -0.39 is 0 Å². The van der Waals surface area contributed by atoms with Gasteiger partial charge in [-0.25, -0.2) is 4.98 Å². The van der Waals surface area contributed by atoms with Gasteiger partial charge in [0.25, 0.3) is 0 Å². The minimum atomic E-state index is 0.444. The van der Waals surface area contributed by atoms with Crippen LogP contribution in [0, 0.1) is 5.41 Å². The van der Waals surface area contributed by atoms with E-state index >= 15 is 0 Å². The van der Waals surface area contributed by atoms with Crippen LogP contribution in [-0.2, 0) is 5.88 Å². The van der Waals surface area contributed by atoms with E-state index in [1.54, 1.807) is 6.20 Å². The van der Waals surface area contributed by atoms with Gasteiger partial charge in [-0.15, -0.1) is 11.6 Å². The number of aromatic nitrogens is 2. The number of hydrogen-bond donors (Lipinski definition) is 0. The van der Waals surface area contributed by atoms with Crippen molar-refractivity contribution in [1.29, 1.82) is 0 Å². The molecule has 0 aromatic carbocycles. The number of anilines is 1. The Balaban J connectivity index is 1.80. The van der Waals surface area contributed by atoms with Gasteiger partial charge in [0, 0.05) is 19.3 Å². The Hall–Kier alpha value is -0.830. The lowest BCUT2D eigenvalue weighted by atomic mass is 10.1. The summed E-state index contributed by atoms with van der Waals surface area (Å²) in [5.74, 6) is 1.44. The van der Waals surface area contributed by atoms with Crippen molar-refractivity contribution in [2.75, 3.05) is 18.0 Å². The standard InChI is InChI=1S/C11H14ClN3/c12-5-9-6-13-7-10(14-9)15-4-3-11(8-15)1-2-11/h6-7H,1-5,8H2. The van der Waals surface area contributed by atoms with E-state index in [1.807, 2.05) is 6.20 Å². The molecular weight excluding hydrogens is 210 g/mol. The zero-order valence-electron chi connectivity index (χ0n) is 8.62. The van der Waals surface area contributed by atoms with Gasteiger partial charge in [0.15, 0.2) is 0 Å². The van der Waals surface area contributed by atoms with E-state index in [4.69, 9.17) is 11.6 Å². The minimum absolute atomic E-state index is 0.444. The van der Waals surface area contributed by atoms with Crippen LogP contribution >= 0.6 is 11.6 Å². The smallest absolute Gasteiger partial charge is 0.147 e. The highest BCUT2D eigenvalue weighted by atomic mass is 35.5. The van der Waals surface area contributed by atoms with Crippen LogP contribution in [0.4, 0.5) is 5.82 Å². The maximum atomic E-state index is 5.75. The minimum Gasteiger partial charge on any atom is -0.355 e. The molecule has 1 aromatic heterocycles. The maximum Gasteiger partial charge on any atom is 0.147 e. The summed E-state index contributed by atoms with van der Waals surface area (Å²) in [7, 11) is 0. The molecule has 1 saturated carbocycles. The molecular formula is C11H14ClN3. The third-order valence-corrected chi connectivity index (χ3v) is 3.80. The van der Waals surface area contributed by atoms with E-state index in [0.29, 0.717) is 11.3 Å². The second-order valence-corrected chi connectivity index (χ2v) is 4.94. The summed E-state index contributed by atoms with van der Waals surface area (Å²) in [5.41, 5.74) is 1.50. The molecule has 2 aliphatic rings. The number of hydrogen-bond acceptors (Lipinski definition) is 3. The van der Waals surface area contributed by atoms with Crippen LogP contribution in [0.3, 0.4) is 0 Å². The van der Waals surface area contributed by atoms with Crippen molar-refractivity contribution in [3.05, 3.63) is 18.1 Å². The van der Waals surface area contributed by atoms with Crippen LogP contribution in [0.1, 0.15) is 25.0 Å². The predicted molar refractivity (Wildman–Crippen MR) is 60.1 cm³/mol. The molecule has 0 unspecified atom stereocenters. The quantitative estimate of drug-likeness (QED) is 0.720. The summed E-state index contributed by atoms with van der Waals surface area (Å²) < 4.78 is 0. The molecule has 1 aliphatic heterocycles. The first-order valence-electron chi connectivity index (χ1n) is 5.43. The van der Waals surface area contributed by atoms with Gasteiger partial charge in [-0.05, 0) is 24.7 Å². The number of halogens is 1. The molecule has 1 spiro atoms. The summed E-state index contributed by atoms with van der Waals surface area (Å²) >= 11 is 5.75. The summed E-state index contributed by atoms with van der Waals surface area (Å²) in [5, 5.41) is 0. The second-order valence-electron chi connectivity index (χ2n) is 4.67. The Morgan fingerprint density at radius 3 is 2.87 bits per heavy atom. The van der Waals surface area contributed by atoms with Crippen molar-refractivity contribution in [2.24, 2.45) is 5.41 Å². The Kier molecular flexibility index (Phi) is 2.09. The summed E-state index contributed by atoms with van der Waals surface area (Å²) in [6, 6.07) is 0. The van der Waals surface area contributed by atoms with Gasteiger partial charge in [-0.2, -0.15) is 0 Å². The highest BCUT2D eigenvalue weighted by molar-refractivity contribution is 6.16. The summed E-state index contributed by atoms with van der Waals surface area (Å²) in [4.78, 5) is 11.0. The third kappa shape index (κ3) is 1.69. The zero-order valence-corrected chi connectivity index (χ0v) is 9.37. The molecule has 0 atom stereocenters. The monoisotopic (exact) mass is 223 g/mol. The molecule has 1 saturated heterocycles. The molecule has 3 nitrogen and oxygen atoms in total. The molecule has 1 aliphatic carbocycles. The molecule has 0 amide bonds. The van der Waals surface area contributed by atoms with Gasteiger partial charge in [0.05, 0.1) is 17.8 Å². The van der Waals surface area contributed by atoms with Crippen LogP contribution < -0.4 is 4.90 Å². The van der Waals surface area contributed by atoms with Crippen molar-refractivity contribution in [2.45, 2.75) is 25.1 Å². The average molecular weight is 224 g/mol. The number of alkyl halides is 1. The molecule has 3 rings (SSSR count). The van der Waals surface area contributed by atoms with E-state index in [0.717, 1.165) is 24.6 Å². The van der Waals surface area contributed by atoms with Crippen molar-refractivity contribution in [3.63, 3.8) is 0 Å². The second kappa shape index (κ2) is 3.34. The fraction of sp³-hybridized carbons (Fsp3) is 0.636. The Morgan fingerprint density at radius 1 is 1.33 bits per heavy atom. The van der Waals surface area contributed by atoms with E-state index in [1.165, 1.54) is 19.3 Å². The number of nitrogens with zero attached hydrogens (tertiary/aromatic N) is 3. The molecule has 0 N–H and O–H groups in total. The average Bonchev–Trinajstić information content (AvgIpc) is 2.89. The Morgan fingerprint density at radius 2 is 2.20 bits per heavy atom. The van der Waals surface area contributed by atoms with Gasteiger partial charge in [-0.3, -0.25) is 4.98 Å². The molecule has 4 heteroatoms. The van der Waals surface area contributed by atoms with Crippen LogP contribution in [0.25, 0.3) is 0 Å². The fourth-order valence-corrected chi connectivity index (χ4v) is 2.46. The third-order valence-electron chi connectivity index (χ3n) is 3.53.